The van der Waals surface area contributed by atoms with E-state index in [0.29, 0.717) is 88.8 Å². The van der Waals surface area contributed by atoms with Crippen LogP contribution in [-0.2, 0) is 37.1 Å². The van der Waals surface area contributed by atoms with Crippen LogP contribution < -0.4 is 16.0 Å². The minimum atomic E-state index is -0.831. The number of hydrogen-bond donors (Lipinski definition) is 3. The number of imide groups is 1. The van der Waals surface area contributed by atoms with E-state index in [-0.39, 0.29) is 55.8 Å². The summed E-state index contributed by atoms with van der Waals surface area (Å²) in [4.78, 5) is 79.4. The number of esters is 1. The van der Waals surface area contributed by atoms with E-state index in [9.17, 15) is 28.8 Å². The lowest BCUT2D eigenvalue weighted by Gasteiger charge is -2.30. The van der Waals surface area contributed by atoms with Gasteiger partial charge in [-0.05, 0) is 87.7 Å². The number of rotatable bonds is 25. The summed E-state index contributed by atoms with van der Waals surface area (Å²) in [5.74, 6) is -1.30. The van der Waals surface area contributed by atoms with Gasteiger partial charge in [0.2, 0.25) is 11.8 Å². The molecule has 0 fully saturated rings. The van der Waals surface area contributed by atoms with Gasteiger partial charge in [-0.25, -0.2) is 4.79 Å². The van der Waals surface area contributed by atoms with E-state index in [1.807, 2.05) is 60.7 Å². The average Bonchev–Trinajstić information content (AvgIpc) is 3.45. The molecule has 0 aromatic heterocycles. The van der Waals surface area contributed by atoms with Crippen molar-refractivity contribution in [3.8, 4) is 0 Å². The summed E-state index contributed by atoms with van der Waals surface area (Å²) in [6.07, 6.45) is 4.02. The first-order chi connectivity index (χ1) is 27.2. The second-order valence-electron chi connectivity index (χ2n) is 13.7. The van der Waals surface area contributed by atoms with Gasteiger partial charge in [0.05, 0.1) is 11.1 Å². The Bertz CT molecular complexity index is 1690. The summed E-state index contributed by atoms with van der Waals surface area (Å²) in [5.41, 5.74) is 2.55. The number of ether oxygens (including phenoxy) is 2. The Hall–Kier alpha value is -5.56. The van der Waals surface area contributed by atoms with E-state index >= 15 is 0 Å². The van der Waals surface area contributed by atoms with Crippen molar-refractivity contribution in [2.75, 3.05) is 39.3 Å². The molecule has 1 atom stereocenters. The number of nitrogens with one attached hydrogen (secondary N) is 3. The molecule has 5 amide bonds. The summed E-state index contributed by atoms with van der Waals surface area (Å²) in [5, 5.41) is 9.11. The number of fused-ring (bicyclic) bond motifs is 1. The SMILES string of the molecule is CC(=O)NCCCNCCCC(C(=O)NCCCCCN1C(=O)c2ccccc2C1=O)N(CCCCC(=O)OCc1ccccc1)C(=O)OCc1ccccc1. The van der Waals surface area contributed by atoms with Crippen molar-refractivity contribution < 1.29 is 38.2 Å². The molecule has 0 saturated carbocycles. The van der Waals surface area contributed by atoms with Crippen LogP contribution in [0, 0.1) is 0 Å². The van der Waals surface area contributed by atoms with Crippen molar-refractivity contribution >= 4 is 35.7 Å². The molecule has 4 rings (SSSR count). The van der Waals surface area contributed by atoms with Crippen LogP contribution in [0.25, 0.3) is 0 Å². The molecule has 3 aromatic carbocycles. The summed E-state index contributed by atoms with van der Waals surface area (Å²) >= 11 is 0. The molecule has 3 aromatic rings. The highest BCUT2D eigenvalue weighted by Crippen LogP contribution is 2.23. The van der Waals surface area contributed by atoms with Crippen molar-refractivity contribution in [2.45, 2.75) is 84.0 Å². The second-order valence-corrected chi connectivity index (χ2v) is 13.7. The van der Waals surface area contributed by atoms with Gasteiger partial charge in [0.15, 0.2) is 0 Å². The largest absolute Gasteiger partial charge is 0.461 e. The second kappa shape index (κ2) is 24.1. The van der Waals surface area contributed by atoms with Crippen LogP contribution >= 0.6 is 0 Å². The number of nitrogens with zero attached hydrogens (tertiary/aromatic N) is 2. The van der Waals surface area contributed by atoms with Gasteiger partial charge in [0.1, 0.15) is 19.3 Å². The predicted octanol–water partition coefficient (Wildman–Crippen LogP) is 5.39. The van der Waals surface area contributed by atoms with E-state index in [1.165, 1.54) is 16.7 Å². The lowest BCUT2D eigenvalue weighted by molar-refractivity contribution is -0.145. The van der Waals surface area contributed by atoms with Crippen molar-refractivity contribution in [3.63, 3.8) is 0 Å². The van der Waals surface area contributed by atoms with E-state index in [1.54, 1.807) is 24.3 Å². The Kier molecular flexibility index (Phi) is 18.5. The molecule has 0 bridgehead atoms. The lowest BCUT2D eigenvalue weighted by Crippen LogP contribution is -2.50. The minimum absolute atomic E-state index is 0.0410. The van der Waals surface area contributed by atoms with Crippen LogP contribution in [0.5, 0.6) is 0 Å². The fourth-order valence-electron chi connectivity index (χ4n) is 6.33. The van der Waals surface area contributed by atoms with Crippen LogP contribution in [0.4, 0.5) is 4.79 Å². The van der Waals surface area contributed by atoms with Gasteiger partial charge in [-0.15, -0.1) is 0 Å². The molecule has 56 heavy (non-hydrogen) atoms. The maximum Gasteiger partial charge on any atom is 0.410 e. The normalized spacial score (nSPS) is 12.5. The standard InChI is InChI=1S/C43H55N5O8/c1-33(49)45-28-16-26-44-25-15-23-38(40(51)46-27-12-4-13-30-48-41(52)36-21-9-10-22-37(36)42(48)53)47(43(54)56-32-35-19-7-3-8-20-35)29-14-11-24-39(50)55-31-34-17-5-2-6-18-34/h2-3,5-10,17-22,38,44H,4,11-16,23-32H2,1H3,(H,45,49)(H,46,51). The van der Waals surface area contributed by atoms with Gasteiger partial charge in [-0.3, -0.25) is 33.8 Å². The fourth-order valence-corrected chi connectivity index (χ4v) is 6.33. The fraction of sp³-hybridized carbons (Fsp3) is 0.442. The third-order valence-corrected chi connectivity index (χ3v) is 9.36. The van der Waals surface area contributed by atoms with Crippen LogP contribution in [0.1, 0.15) is 96.6 Å². The summed E-state index contributed by atoms with van der Waals surface area (Å²) in [7, 11) is 0. The molecular weight excluding hydrogens is 714 g/mol. The minimum Gasteiger partial charge on any atom is -0.461 e. The monoisotopic (exact) mass is 769 g/mol. The van der Waals surface area contributed by atoms with Gasteiger partial charge in [-0.2, -0.15) is 0 Å². The summed E-state index contributed by atoms with van der Waals surface area (Å²) < 4.78 is 11.2. The maximum absolute atomic E-state index is 13.9. The van der Waals surface area contributed by atoms with Gasteiger partial charge in [0, 0.05) is 39.5 Å². The molecule has 3 N–H and O–H groups in total. The third-order valence-electron chi connectivity index (χ3n) is 9.36. The topological polar surface area (TPSA) is 163 Å². The zero-order chi connectivity index (χ0) is 40.0. The van der Waals surface area contributed by atoms with Crippen molar-refractivity contribution in [1.82, 2.24) is 25.8 Å². The Morgan fingerprint density at radius 2 is 1.23 bits per heavy atom. The van der Waals surface area contributed by atoms with Crippen molar-refractivity contribution in [2.24, 2.45) is 0 Å². The van der Waals surface area contributed by atoms with E-state index in [4.69, 9.17) is 9.47 Å². The van der Waals surface area contributed by atoms with Gasteiger partial charge >= 0.3 is 12.1 Å². The Morgan fingerprint density at radius 3 is 1.88 bits per heavy atom. The van der Waals surface area contributed by atoms with Crippen LogP contribution in [-0.4, -0.2) is 90.8 Å². The zero-order valence-electron chi connectivity index (χ0n) is 32.3. The number of carbonyl (C=O) groups is 6. The zero-order valence-corrected chi connectivity index (χ0v) is 32.3. The first-order valence-corrected chi connectivity index (χ1v) is 19.6. The van der Waals surface area contributed by atoms with Crippen LogP contribution in [0.15, 0.2) is 84.9 Å². The predicted molar refractivity (Wildman–Crippen MR) is 211 cm³/mol. The lowest BCUT2D eigenvalue weighted by atomic mass is 10.1. The van der Waals surface area contributed by atoms with Crippen LogP contribution in [0.2, 0.25) is 0 Å². The van der Waals surface area contributed by atoms with Gasteiger partial charge in [-0.1, -0.05) is 72.8 Å². The van der Waals surface area contributed by atoms with Crippen molar-refractivity contribution in [3.05, 3.63) is 107 Å². The van der Waals surface area contributed by atoms with Crippen LogP contribution in [0.3, 0.4) is 0 Å². The average molecular weight is 770 g/mol. The first-order valence-electron chi connectivity index (χ1n) is 19.6. The molecule has 0 radical (unpaired) electrons. The maximum atomic E-state index is 13.9. The number of unbranched alkanes of at least 4 members (excludes halogenated alkanes) is 3. The third kappa shape index (κ3) is 14.6. The van der Waals surface area contributed by atoms with Gasteiger partial charge in [0.25, 0.3) is 11.8 Å². The molecule has 1 heterocycles. The number of amides is 5. The number of benzene rings is 3. The molecule has 0 spiro atoms. The summed E-state index contributed by atoms with van der Waals surface area (Å²) in [6, 6.07) is 24.7. The smallest absolute Gasteiger partial charge is 0.410 e. The highest BCUT2D eigenvalue weighted by atomic mass is 16.6. The Balaban J connectivity index is 1.32. The molecule has 300 valence electrons. The Morgan fingerprint density at radius 1 is 0.643 bits per heavy atom. The highest BCUT2D eigenvalue weighted by molar-refractivity contribution is 6.21. The number of carbonyl (C=O) groups excluding carboxylic acids is 6. The quantitative estimate of drug-likeness (QED) is 0.0583. The Labute approximate surface area is 329 Å². The molecule has 0 aliphatic carbocycles. The molecule has 1 unspecified atom stereocenters. The molecule has 13 heteroatoms. The molecule has 1 aliphatic rings. The molecular formula is C43H55N5O8. The first kappa shape index (κ1) is 43.2. The molecule has 1 aliphatic heterocycles. The summed E-state index contributed by atoms with van der Waals surface area (Å²) in [6.45, 7) is 4.38. The van der Waals surface area contributed by atoms with E-state index < -0.39 is 12.1 Å². The van der Waals surface area contributed by atoms with E-state index in [0.717, 1.165) is 17.5 Å². The number of hydrogen-bond acceptors (Lipinski definition) is 9. The van der Waals surface area contributed by atoms with E-state index in [2.05, 4.69) is 16.0 Å². The van der Waals surface area contributed by atoms with Gasteiger partial charge < -0.3 is 25.4 Å². The van der Waals surface area contributed by atoms with Crippen molar-refractivity contribution in [1.29, 1.82) is 0 Å². The highest BCUT2D eigenvalue weighted by Gasteiger charge is 2.34. The molecule has 0 saturated heterocycles. The molecule has 13 nitrogen and oxygen atoms in total.